The maximum atomic E-state index is 12.4. The van der Waals surface area contributed by atoms with E-state index in [1.165, 1.54) is 25.2 Å². The number of nitrogens with one attached hydrogen (secondary N) is 2. The van der Waals surface area contributed by atoms with Crippen LogP contribution in [0.15, 0.2) is 58.3 Å². The minimum Gasteiger partial charge on any atom is -0.280 e. The molecule has 0 aliphatic carbocycles. The van der Waals surface area contributed by atoms with Crippen LogP contribution in [0.3, 0.4) is 0 Å². The molecule has 6 nitrogen and oxygen atoms in total. The van der Waals surface area contributed by atoms with Gasteiger partial charge in [0.25, 0.3) is 10.0 Å². The quantitative estimate of drug-likeness (QED) is 0.829. The highest BCUT2D eigenvalue weighted by molar-refractivity contribution is 7.93. The second-order valence-corrected chi connectivity index (χ2v) is 8.41. The molecule has 2 aromatic carbocycles. The zero-order valence-electron chi connectivity index (χ0n) is 12.8. The van der Waals surface area contributed by atoms with Gasteiger partial charge in [-0.25, -0.2) is 21.6 Å². The highest BCUT2D eigenvalue weighted by atomic mass is 32.2. The first-order valence-corrected chi connectivity index (χ1v) is 9.90. The van der Waals surface area contributed by atoms with E-state index < -0.39 is 20.0 Å². The van der Waals surface area contributed by atoms with Crippen molar-refractivity contribution in [1.82, 2.24) is 4.72 Å². The van der Waals surface area contributed by atoms with Gasteiger partial charge in [-0.05, 0) is 49.4 Å². The zero-order valence-corrected chi connectivity index (χ0v) is 14.4. The Morgan fingerprint density at radius 2 is 1.48 bits per heavy atom. The van der Waals surface area contributed by atoms with Crippen molar-refractivity contribution in [3.05, 3.63) is 54.1 Å². The summed E-state index contributed by atoms with van der Waals surface area (Å²) < 4.78 is 53.1. The predicted octanol–water partition coefficient (Wildman–Crippen LogP) is 1.96. The molecule has 2 rings (SSSR count). The molecular formula is C15H18N2O4S2. The minimum atomic E-state index is -3.87. The molecule has 0 aromatic heterocycles. The van der Waals surface area contributed by atoms with Gasteiger partial charge in [0.2, 0.25) is 10.0 Å². The van der Waals surface area contributed by atoms with Crippen molar-refractivity contribution in [2.24, 2.45) is 0 Å². The molecule has 0 aliphatic rings. The van der Waals surface area contributed by atoms with Crippen molar-refractivity contribution in [3.63, 3.8) is 0 Å². The fourth-order valence-corrected chi connectivity index (χ4v) is 3.94. The molecule has 0 bridgehead atoms. The molecule has 2 N–H and O–H groups in total. The predicted molar refractivity (Wildman–Crippen MR) is 89.3 cm³/mol. The Labute approximate surface area is 136 Å². The summed E-state index contributed by atoms with van der Waals surface area (Å²) in [4.78, 5) is -0.221. The number of benzene rings is 2. The lowest BCUT2D eigenvalue weighted by atomic mass is 10.1. The molecule has 0 heterocycles. The lowest BCUT2D eigenvalue weighted by molar-refractivity contribution is 0.588. The average molecular weight is 354 g/mol. The van der Waals surface area contributed by atoms with Crippen LogP contribution in [0.5, 0.6) is 0 Å². The second-order valence-electron chi connectivity index (χ2n) is 4.84. The molecular weight excluding hydrogens is 336 g/mol. The number of anilines is 1. The largest absolute Gasteiger partial charge is 0.280 e. The van der Waals surface area contributed by atoms with Crippen molar-refractivity contribution in [2.75, 3.05) is 11.8 Å². The fourth-order valence-electron chi connectivity index (χ4n) is 2.00. The first-order valence-electron chi connectivity index (χ1n) is 6.94. The molecule has 0 spiro atoms. The highest BCUT2D eigenvalue weighted by Gasteiger charge is 2.18. The van der Waals surface area contributed by atoms with Crippen LogP contribution in [0.1, 0.15) is 12.5 Å². The Hall–Kier alpha value is -1.90. The molecule has 0 saturated heterocycles. The van der Waals surface area contributed by atoms with Crippen molar-refractivity contribution in [1.29, 1.82) is 0 Å². The number of sulfonamides is 2. The van der Waals surface area contributed by atoms with E-state index in [0.29, 0.717) is 5.69 Å². The van der Waals surface area contributed by atoms with Crippen molar-refractivity contribution in [2.45, 2.75) is 23.1 Å². The van der Waals surface area contributed by atoms with Gasteiger partial charge in [0.1, 0.15) is 0 Å². The van der Waals surface area contributed by atoms with Gasteiger partial charge in [-0.3, -0.25) is 4.72 Å². The molecule has 2 aromatic rings. The zero-order chi connectivity index (χ0) is 17.1. The number of hydrogen-bond acceptors (Lipinski definition) is 4. The molecule has 124 valence electrons. The Balaban J connectivity index is 2.38. The summed E-state index contributed by atoms with van der Waals surface area (Å²) in [6.45, 7) is 1.97. The molecule has 0 amide bonds. The van der Waals surface area contributed by atoms with Gasteiger partial charge in [-0.1, -0.05) is 25.1 Å². The van der Waals surface area contributed by atoms with Gasteiger partial charge in [0, 0.05) is 5.69 Å². The minimum absolute atomic E-state index is 0.106. The van der Waals surface area contributed by atoms with Crippen LogP contribution < -0.4 is 9.44 Å². The summed E-state index contributed by atoms with van der Waals surface area (Å²) in [7, 11) is -6.31. The maximum absolute atomic E-state index is 12.4. The smallest absolute Gasteiger partial charge is 0.261 e. The van der Waals surface area contributed by atoms with Crippen LogP contribution in [0, 0.1) is 0 Å². The van der Waals surface area contributed by atoms with E-state index in [4.69, 9.17) is 0 Å². The standard InChI is InChI=1S/C15H18N2O4S2/c1-3-12-6-4-7-13(10-12)17-23(20,21)15-9-5-8-14(11-15)22(18,19)16-2/h4-11,16-17H,3H2,1-2H3. The monoisotopic (exact) mass is 354 g/mol. The molecule has 0 saturated carbocycles. The molecule has 0 atom stereocenters. The van der Waals surface area contributed by atoms with E-state index in [1.807, 2.05) is 13.0 Å². The Bertz CT molecular complexity index is 907. The third-order valence-corrected chi connectivity index (χ3v) is 6.07. The highest BCUT2D eigenvalue weighted by Crippen LogP contribution is 2.20. The average Bonchev–Trinajstić information content (AvgIpc) is 2.54. The lowest BCUT2D eigenvalue weighted by Gasteiger charge is -2.10. The van der Waals surface area contributed by atoms with E-state index >= 15 is 0 Å². The summed E-state index contributed by atoms with van der Waals surface area (Å²) in [6, 6.07) is 12.2. The van der Waals surface area contributed by atoms with E-state index in [2.05, 4.69) is 9.44 Å². The van der Waals surface area contributed by atoms with Gasteiger partial charge in [0.05, 0.1) is 9.79 Å². The second kappa shape index (κ2) is 6.69. The van der Waals surface area contributed by atoms with Crippen LogP contribution in [0.2, 0.25) is 0 Å². The normalized spacial score (nSPS) is 12.1. The number of aryl methyl sites for hydroxylation is 1. The van der Waals surface area contributed by atoms with Gasteiger partial charge >= 0.3 is 0 Å². The Morgan fingerprint density at radius 1 is 0.870 bits per heavy atom. The summed E-state index contributed by atoms with van der Waals surface area (Å²) in [6.07, 6.45) is 0.783. The molecule has 23 heavy (non-hydrogen) atoms. The molecule has 0 aliphatic heterocycles. The van der Waals surface area contributed by atoms with Crippen LogP contribution >= 0.6 is 0 Å². The Kier molecular flexibility index (Phi) is 5.08. The molecule has 0 unspecified atom stereocenters. The van der Waals surface area contributed by atoms with Crippen LogP contribution in [0.25, 0.3) is 0 Å². The molecule has 8 heteroatoms. The SMILES string of the molecule is CCc1cccc(NS(=O)(=O)c2cccc(S(=O)(=O)NC)c2)c1. The van der Waals surface area contributed by atoms with Crippen LogP contribution in [-0.4, -0.2) is 23.9 Å². The first-order chi connectivity index (χ1) is 10.8. The third-order valence-electron chi connectivity index (χ3n) is 3.28. The van der Waals surface area contributed by atoms with Crippen molar-refractivity contribution in [3.8, 4) is 0 Å². The number of rotatable bonds is 6. The van der Waals surface area contributed by atoms with Gasteiger partial charge in [-0.2, -0.15) is 0 Å². The maximum Gasteiger partial charge on any atom is 0.261 e. The third kappa shape index (κ3) is 4.10. The summed E-state index contributed by atoms with van der Waals surface area (Å²) in [5.74, 6) is 0. The van der Waals surface area contributed by atoms with Gasteiger partial charge in [0.15, 0.2) is 0 Å². The molecule has 0 radical (unpaired) electrons. The fraction of sp³-hybridized carbons (Fsp3) is 0.200. The van der Waals surface area contributed by atoms with E-state index in [9.17, 15) is 16.8 Å². The molecule has 0 fully saturated rings. The first kappa shape index (κ1) is 17.5. The summed E-state index contributed by atoms with van der Waals surface area (Å²) in [5, 5.41) is 0. The Morgan fingerprint density at radius 3 is 2.09 bits per heavy atom. The van der Waals surface area contributed by atoms with E-state index in [-0.39, 0.29) is 9.79 Å². The summed E-state index contributed by atoms with van der Waals surface area (Å²) in [5.41, 5.74) is 1.43. The lowest BCUT2D eigenvalue weighted by Crippen LogP contribution is -2.19. The van der Waals surface area contributed by atoms with Crippen molar-refractivity contribution < 1.29 is 16.8 Å². The van der Waals surface area contributed by atoms with Gasteiger partial charge < -0.3 is 0 Å². The van der Waals surface area contributed by atoms with Gasteiger partial charge in [-0.15, -0.1) is 0 Å². The number of hydrogen-bond donors (Lipinski definition) is 2. The van der Waals surface area contributed by atoms with E-state index in [0.717, 1.165) is 18.1 Å². The van der Waals surface area contributed by atoms with Crippen LogP contribution in [0.4, 0.5) is 5.69 Å². The van der Waals surface area contributed by atoms with Crippen LogP contribution in [-0.2, 0) is 26.5 Å². The van der Waals surface area contributed by atoms with Crippen molar-refractivity contribution >= 4 is 25.7 Å². The topological polar surface area (TPSA) is 92.3 Å². The summed E-state index contributed by atoms with van der Waals surface area (Å²) >= 11 is 0. The van der Waals surface area contributed by atoms with E-state index in [1.54, 1.807) is 18.2 Å².